The lowest BCUT2D eigenvalue weighted by Gasteiger charge is -2.00. The number of carbonyl (C=O) groups excluding carboxylic acids is 1. The molecule has 0 radical (unpaired) electrons. The molecule has 2 aromatic rings. The minimum atomic E-state index is -0.785. The molecule has 4 heteroatoms. The van der Waals surface area contributed by atoms with Crippen LogP contribution in [0.15, 0.2) is 34.9 Å². The summed E-state index contributed by atoms with van der Waals surface area (Å²) in [4.78, 5) is 11.8. The summed E-state index contributed by atoms with van der Waals surface area (Å²) in [6.07, 6.45) is 1.36. The lowest BCUT2D eigenvalue weighted by molar-refractivity contribution is 0.101. The molecule has 0 bridgehead atoms. The van der Waals surface area contributed by atoms with Crippen LogP contribution in [0, 0.1) is 18.6 Å². The van der Waals surface area contributed by atoms with E-state index >= 15 is 0 Å². The van der Waals surface area contributed by atoms with Gasteiger partial charge in [0.25, 0.3) is 0 Å². The molecule has 0 spiro atoms. The molecule has 82 valence electrons. The summed E-state index contributed by atoms with van der Waals surface area (Å²) in [7, 11) is 0. The van der Waals surface area contributed by atoms with Crippen LogP contribution in [0.1, 0.15) is 21.7 Å². The highest BCUT2D eigenvalue weighted by molar-refractivity contribution is 6.07. The first-order valence-corrected chi connectivity index (χ1v) is 4.63. The summed E-state index contributed by atoms with van der Waals surface area (Å²) in [5.74, 6) is -1.99. The van der Waals surface area contributed by atoms with Crippen LogP contribution in [0.3, 0.4) is 0 Å². The fraction of sp³-hybridized carbons (Fsp3) is 0.0833. The third-order valence-electron chi connectivity index (χ3n) is 2.19. The van der Waals surface area contributed by atoms with Crippen LogP contribution >= 0.6 is 0 Å². The van der Waals surface area contributed by atoms with Crippen molar-refractivity contribution in [3.05, 3.63) is 59.1 Å². The standard InChI is InChI=1S/C12H8F2O2/c1-7-2-3-16-12(7)11(15)8-4-9(13)6-10(14)5-8/h2-6H,1H3. The van der Waals surface area contributed by atoms with Gasteiger partial charge >= 0.3 is 0 Å². The molecule has 1 aromatic carbocycles. The molecule has 0 atom stereocenters. The maximum Gasteiger partial charge on any atom is 0.228 e. The maximum absolute atomic E-state index is 12.9. The van der Waals surface area contributed by atoms with Gasteiger partial charge in [-0.2, -0.15) is 0 Å². The number of halogens is 2. The topological polar surface area (TPSA) is 30.2 Å². The van der Waals surface area contributed by atoms with E-state index in [9.17, 15) is 13.6 Å². The Bertz CT molecular complexity index is 523. The van der Waals surface area contributed by atoms with Crippen molar-refractivity contribution in [2.45, 2.75) is 6.92 Å². The molecule has 0 aliphatic rings. The quantitative estimate of drug-likeness (QED) is 0.731. The molecular formula is C12H8F2O2. The molecule has 0 aliphatic carbocycles. The van der Waals surface area contributed by atoms with Crippen LogP contribution < -0.4 is 0 Å². The van der Waals surface area contributed by atoms with Crippen molar-refractivity contribution in [3.8, 4) is 0 Å². The monoisotopic (exact) mass is 222 g/mol. The normalized spacial score (nSPS) is 10.4. The summed E-state index contributed by atoms with van der Waals surface area (Å²) in [6, 6.07) is 4.29. The largest absolute Gasteiger partial charge is 0.461 e. The van der Waals surface area contributed by atoms with E-state index in [0.29, 0.717) is 11.6 Å². The van der Waals surface area contributed by atoms with Gasteiger partial charge in [-0.1, -0.05) is 0 Å². The Kier molecular flexibility index (Phi) is 2.56. The van der Waals surface area contributed by atoms with E-state index in [1.54, 1.807) is 13.0 Å². The number of hydrogen-bond donors (Lipinski definition) is 0. The van der Waals surface area contributed by atoms with Gasteiger partial charge in [0.2, 0.25) is 5.78 Å². The van der Waals surface area contributed by atoms with Crippen molar-refractivity contribution in [1.82, 2.24) is 0 Å². The zero-order chi connectivity index (χ0) is 11.7. The van der Waals surface area contributed by atoms with E-state index in [-0.39, 0.29) is 11.3 Å². The van der Waals surface area contributed by atoms with Crippen LogP contribution in [0.5, 0.6) is 0 Å². The summed E-state index contributed by atoms with van der Waals surface area (Å²) < 4.78 is 30.8. The van der Waals surface area contributed by atoms with Crippen molar-refractivity contribution in [1.29, 1.82) is 0 Å². The van der Waals surface area contributed by atoms with E-state index in [0.717, 1.165) is 12.1 Å². The Balaban J connectivity index is 2.45. The minimum absolute atomic E-state index is 0.0597. The van der Waals surface area contributed by atoms with Crippen LogP contribution in [0.2, 0.25) is 0 Å². The fourth-order valence-electron chi connectivity index (χ4n) is 1.42. The van der Waals surface area contributed by atoms with Gasteiger partial charge in [0.1, 0.15) is 11.6 Å². The van der Waals surface area contributed by atoms with E-state index in [2.05, 4.69) is 0 Å². The number of hydrogen-bond acceptors (Lipinski definition) is 2. The first-order valence-electron chi connectivity index (χ1n) is 4.63. The van der Waals surface area contributed by atoms with Gasteiger partial charge in [0, 0.05) is 11.6 Å². The van der Waals surface area contributed by atoms with Crippen molar-refractivity contribution >= 4 is 5.78 Å². The van der Waals surface area contributed by atoms with Crippen LogP contribution in [-0.4, -0.2) is 5.78 Å². The average molecular weight is 222 g/mol. The lowest BCUT2D eigenvalue weighted by Crippen LogP contribution is -2.02. The third kappa shape index (κ3) is 1.86. The first kappa shape index (κ1) is 10.5. The fourth-order valence-corrected chi connectivity index (χ4v) is 1.42. The molecule has 0 fully saturated rings. The molecular weight excluding hydrogens is 214 g/mol. The Morgan fingerprint density at radius 2 is 1.81 bits per heavy atom. The van der Waals surface area contributed by atoms with Gasteiger partial charge in [0.05, 0.1) is 6.26 Å². The molecule has 1 heterocycles. The Labute approximate surface area is 90.5 Å². The Morgan fingerprint density at radius 3 is 2.31 bits per heavy atom. The second-order valence-corrected chi connectivity index (χ2v) is 3.42. The van der Waals surface area contributed by atoms with Gasteiger partial charge in [-0.25, -0.2) is 8.78 Å². The van der Waals surface area contributed by atoms with Crippen LogP contribution in [0.4, 0.5) is 8.78 Å². The van der Waals surface area contributed by atoms with Crippen LogP contribution in [0.25, 0.3) is 0 Å². The second-order valence-electron chi connectivity index (χ2n) is 3.42. The van der Waals surface area contributed by atoms with Crippen molar-refractivity contribution in [2.75, 3.05) is 0 Å². The Hall–Kier alpha value is -1.97. The zero-order valence-electron chi connectivity index (χ0n) is 8.46. The predicted molar refractivity (Wildman–Crippen MR) is 53.2 cm³/mol. The molecule has 0 N–H and O–H groups in total. The summed E-state index contributed by atoms with van der Waals surface area (Å²) in [5, 5.41) is 0. The van der Waals surface area contributed by atoms with Crippen molar-refractivity contribution in [3.63, 3.8) is 0 Å². The molecule has 0 aliphatic heterocycles. The third-order valence-corrected chi connectivity index (χ3v) is 2.19. The van der Waals surface area contributed by atoms with Gasteiger partial charge in [-0.05, 0) is 30.7 Å². The number of furan rings is 1. The number of aryl methyl sites for hydroxylation is 1. The highest BCUT2D eigenvalue weighted by Crippen LogP contribution is 2.16. The number of ketones is 1. The molecule has 2 nitrogen and oxygen atoms in total. The van der Waals surface area contributed by atoms with E-state index in [4.69, 9.17) is 4.42 Å². The van der Waals surface area contributed by atoms with Gasteiger partial charge in [0.15, 0.2) is 5.76 Å². The molecule has 0 saturated heterocycles. The smallest absolute Gasteiger partial charge is 0.228 e. The highest BCUT2D eigenvalue weighted by Gasteiger charge is 2.16. The van der Waals surface area contributed by atoms with Crippen molar-refractivity contribution in [2.24, 2.45) is 0 Å². The molecule has 16 heavy (non-hydrogen) atoms. The molecule has 0 amide bonds. The summed E-state index contributed by atoms with van der Waals surface area (Å²) in [6.45, 7) is 1.69. The minimum Gasteiger partial charge on any atom is -0.461 e. The number of carbonyl (C=O) groups is 1. The van der Waals surface area contributed by atoms with Gasteiger partial charge in [-0.15, -0.1) is 0 Å². The summed E-state index contributed by atoms with van der Waals surface area (Å²) in [5.41, 5.74) is 0.574. The first-order chi connectivity index (χ1) is 7.58. The number of rotatable bonds is 2. The maximum atomic E-state index is 12.9. The SMILES string of the molecule is Cc1ccoc1C(=O)c1cc(F)cc(F)c1. The van der Waals surface area contributed by atoms with E-state index in [1.165, 1.54) is 6.26 Å². The second kappa shape index (κ2) is 3.89. The zero-order valence-corrected chi connectivity index (χ0v) is 8.46. The number of benzene rings is 1. The molecule has 2 rings (SSSR count). The summed E-state index contributed by atoms with van der Waals surface area (Å²) >= 11 is 0. The van der Waals surface area contributed by atoms with Crippen molar-refractivity contribution < 1.29 is 18.0 Å². The van der Waals surface area contributed by atoms with Gasteiger partial charge < -0.3 is 4.42 Å². The molecule has 1 aromatic heterocycles. The van der Waals surface area contributed by atoms with Crippen LogP contribution in [-0.2, 0) is 0 Å². The van der Waals surface area contributed by atoms with E-state index < -0.39 is 17.4 Å². The Morgan fingerprint density at radius 1 is 1.19 bits per heavy atom. The highest BCUT2D eigenvalue weighted by atomic mass is 19.1. The lowest BCUT2D eigenvalue weighted by atomic mass is 10.1. The molecule has 0 saturated carbocycles. The predicted octanol–water partition coefficient (Wildman–Crippen LogP) is 3.10. The van der Waals surface area contributed by atoms with Gasteiger partial charge in [-0.3, -0.25) is 4.79 Å². The van der Waals surface area contributed by atoms with E-state index in [1.807, 2.05) is 0 Å². The average Bonchev–Trinajstić information content (AvgIpc) is 2.62. The molecule has 0 unspecified atom stereocenters.